The van der Waals surface area contributed by atoms with Crippen molar-refractivity contribution in [1.29, 1.82) is 0 Å². The third-order valence-corrected chi connectivity index (χ3v) is 5.37. The van der Waals surface area contributed by atoms with Gasteiger partial charge >= 0.3 is 0 Å². The van der Waals surface area contributed by atoms with Gasteiger partial charge in [-0.25, -0.2) is 4.39 Å². The van der Waals surface area contributed by atoms with Crippen LogP contribution >= 0.6 is 11.6 Å². The molecule has 0 saturated carbocycles. The monoisotopic (exact) mass is 481 g/mol. The molecule has 2 N–H and O–H groups in total. The van der Waals surface area contributed by atoms with E-state index in [-0.39, 0.29) is 12.5 Å². The van der Waals surface area contributed by atoms with Gasteiger partial charge in [0.2, 0.25) is 17.7 Å². The van der Waals surface area contributed by atoms with Crippen LogP contribution < -0.4 is 15.5 Å². The topological polar surface area (TPSA) is 95.6 Å². The molecule has 0 spiro atoms. The predicted octanol–water partition coefficient (Wildman–Crippen LogP) is 3.11. The first-order chi connectivity index (χ1) is 14.9. The van der Waals surface area contributed by atoms with Gasteiger partial charge in [-0.2, -0.15) is 0 Å². The lowest BCUT2D eigenvalue weighted by Gasteiger charge is -2.26. The minimum absolute atomic E-state index is 0.281. The zero-order valence-corrected chi connectivity index (χ0v) is 19.6. The fourth-order valence-corrected chi connectivity index (χ4v) is 3.71. The number of nitrogens with zero attached hydrogens (tertiary/aromatic N) is 1. The first-order valence-electron chi connectivity index (χ1n) is 9.70. The molecule has 0 fully saturated rings. The van der Waals surface area contributed by atoms with E-state index in [4.69, 9.17) is 11.6 Å². The minimum Gasteiger partial charge on any atom is -0.350 e. The molecule has 10 heteroatoms. The Kier molecular flexibility index (Phi) is 8.91. The highest BCUT2D eigenvalue weighted by atomic mass is 35.5. The standard InChI is InChI=1S/C22H25ClFN3O4S/c1-22(2,3)26-19(28)12-27(18-10-4-15(23)5-11-18)21(30)14-32(31)13-20(29)25-17-8-6-16(24)7-9-17/h4-11H,12-14H2,1-3H3,(H,25,29)(H,26,28)/t32-/m1/s1. The molecule has 2 aromatic carbocycles. The second-order valence-electron chi connectivity index (χ2n) is 8.04. The van der Waals surface area contributed by atoms with Crippen LogP contribution in [0.3, 0.4) is 0 Å². The van der Waals surface area contributed by atoms with Crippen LogP contribution in [0.25, 0.3) is 0 Å². The van der Waals surface area contributed by atoms with Crippen LogP contribution in [0, 0.1) is 5.82 Å². The molecule has 32 heavy (non-hydrogen) atoms. The third kappa shape index (κ3) is 8.76. The van der Waals surface area contributed by atoms with Gasteiger partial charge < -0.3 is 15.5 Å². The number of hydrogen-bond donors (Lipinski definition) is 2. The van der Waals surface area contributed by atoms with Crippen LogP contribution in [0.4, 0.5) is 15.8 Å². The summed E-state index contributed by atoms with van der Waals surface area (Å²) < 4.78 is 25.4. The zero-order chi connectivity index (χ0) is 23.9. The van der Waals surface area contributed by atoms with Crippen LogP contribution in [-0.2, 0) is 25.2 Å². The van der Waals surface area contributed by atoms with Crippen molar-refractivity contribution in [1.82, 2.24) is 5.32 Å². The Morgan fingerprint density at radius 2 is 1.56 bits per heavy atom. The van der Waals surface area contributed by atoms with E-state index in [2.05, 4.69) is 10.6 Å². The molecule has 0 heterocycles. The molecule has 2 aromatic rings. The summed E-state index contributed by atoms with van der Waals surface area (Å²) in [5.74, 6) is -2.88. The summed E-state index contributed by atoms with van der Waals surface area (Å²) in [6.07, 6.45) is 0. The summed E-state index contributed by atoms with van der Waals surface area (Å²) >= 11 is 5.91. The Hall–Kier alpha value is -2.78. The summed E-state index contributed by atoms with van der Waals surface area (Å²) in [5.41, 5.74) is 0.269. The van der Waals surface area contributed by atoms with Crippen molar-refractivity contribution in [3.05, 3.63) is 59.4 Å². The summed E-state index contributed by atoms with van der Waals surface area (Å²) in [4.78, 5) is 38.6. The molecule has 0 aliphatic heterocycles. The quantitative estimate of drug-likeness (QED) is 0.605. The molecule has 2 rings (SSSR count). The maximum atomic E-state index is 13.0. The Balaban J connectivity index is 2.04. The van der Waals surface area contributed by atoms with Gasteiger partial charge in [-0.1, -0.05) is 11.6 Å². The summed E-state index contributed by atoms with van der Waals surface area (Å²) in [6, 6.07) is 11.4. The van der Waals surface area contributed by atoms with Crippen molar-refractivity contribution >= 4 is 51.5 Å². The van der Waals surface area contributed by atoms with E-state index in [1.807, 2.05) is 20.8 Å². The van der Waals surface area contributed by atoms with E-state index in [1.54, 1.807) is 24.3 Å². The van der Waals surface area contributed by atoms with Crippen molar-refractivity contribution in [2.45, 2.75) is 26.3 Å². The number of anilines is 2. The highest BCUT2D eigenvalue weighted by Gasteiger charge is 2.24. The molecular formula is C22H25ClFN3O4S. The number of carbonyl (C=O) groups is 3. The fraction of sp³-hybridized carbons (Fsp3) is 0.318. The largest absolute Gasteiger partial charge is 0.350 e. The van der Waals surface area contributed by atoms with Crippen molar-refractivity contribution in [3.8, 4) is 0 Å². The molecule has 0 unspecified atom stereocenters. The van der Waals surface area contributed by atoms with Gasteiger partial charge in [0.15, 0.2) is 0 Å². The lowest BCUT2D eigenvalue weighted by Crippen LogP contribution is -2.48. The minimum atomic E-state index is -1.83. The van der Waals surface area contributed by atoms with Gasteiger partial charge in [-0.05, 0) is 69.3 Å². The molecule has 0 aliphatic carbocycles. The average Bonchev–Trinajstić information content (AvgIpc) is 2.67. The van der Waals surface area contributed by atoms with E-state index in [9.17, 15) is 23.0 Å². The molecule has 0 saturated heterocycles. The SMILES string of the molecule is CC(C)(C)NC(=O)CN(C(=O)C[S@](=O)CC(=O)Nc1ccc(F)cc1)c1ccc(Cl)cc1. The van der Waals surface area contributed by atoms with E-state index in [0.29, 0.717) is 16.4 Å². The average molecular weight is 482 g/mol. The van der Waals surface area contributed by atoms with Gasteiger partial charge in [-0.3, -0.25) is 18.6 Å². The number of halogens is 2. The second kappa shape index (κ2) is 11.2. The van der Waals surface area contributed by atoms with E-state index >= 15 is 0 Å². The van der Waals surface area contributed by atoms with Crippen molar-refractivity contribution in [2.24, 2.45) is 0 Å². The molecule has 0 aliphatic rings. The Labute approximate surface area is 193 Å². The molecule has 3 amide bonds. The summed E-state index contributed by atoms with van der Waals surface area (Å²) in [5, 5.41) is 5.73. The number of nitrogens with one attached hydrogen (secondary N) is 2. The number of carbonyl (C=O) groups excluding carboxylic acids is 3. The zero-order valence-electron chi connectivity index (χ0n) is 18.0. The van der Waals surface area contributed by atoms with Crippen molar-refractivity contribution < 1.29 is 23.0 Å². The second-order valence-corrected chi connectivity index (χ2v) is 9.93. The number of hydrogen-bond acceptors (Lipinski definition) is 4. The third-order valence-electron chi connectivity index (χ3n) is 3.96. The van der Waals surface area contributed by atoms with Crippen LogP contribution in [0.1, 0.15) is 20.8 Å². The lowest BCUT2D eigenvalue weighted by atomic mass is 10.1. The predicted molar refractivity (Wildman–Crippen MR) is 125 cm³/mol. The maximum absolute atomic E-state index is 13.0. The van der Waals surface area contributed by atoms with Gasteiger partial charge in [0.25, 0.3) is 0 Å². The smallest absolute Gasteiger partial charge is 0.240 e. The van der Waals surface area contributed by atoms with Gasteiger partial charge in [-0.15, -0.1) is 0 Å². The number of amides is 3. The Morgan fingerprint density at radius 3 is 2.12 bits per heavy atom. The lowest BCUT2D eigenvalue weighted by molar-refractivity contribution is -0.124. The molecule has 0 radical (unpaired) electrons. The highest BCUT2D eigenvalue weighted by Crippen LogP contribution is 2.19. The molecule has 172 valence electrons. The summed E-state index contributed by atoms with van der Waals surface area (Å²) in [7, 11) is -1.83. The Morgan fingerprint density at radius 1 is 0.969 bits per heavy atom. The maximum Gasteiger partial charge on any atom is 0.240 e. The first-order valence-corrected chi connectivity index (χ1v) is 11.6. The van der Waals surface area contributed by atoms with Crippen LogP contribution in [0.2, 0.25) is 5.02 Å². The molecule has 1 atom stereocenters. The first kappa shape index (κ1) is 25.5. The Bertz CT molecular complexity index is 992. The van der Waals surface area contributed by atoms with Crippen LogP contribution in [0.5, 0.6) is 0 Å². The van der Waals surface area contributed by atoms with Crippen LogP contribution in [0.15, 0.2) is 48.5 Å². The van der Waals surface area contributed by atoms with E-state index in [0.717, 1.165) is 0 Å². The normalized spacial score (nSPS) is 12.0. The van der Waals surface area contributed by atoms with Crippen molar-refractivity contribution in [2.75, 3.05) is 28.3 Å². The van der Waals surface area contributed by atoms with Crippen LogP contribution in [-0.4, -0.2) is 45.5 Å². The van der Waals surface area contributed by atoms with Gasteiger partial charge in [0, 0.05) is 32.7 Å². The van der Waals surface area contributed by atoms with Crippen molar-refractivity contribution in [3.63, 3.8) is 0 Å². The number of benzene rings is 2. The fourth-order valence-electron chi connectivity index (χ4n) is 2.69. The number of rotatable bonds is 8. The molecule has 0 aromatic heterocycles. The van der Waals surface area contributed by atoms with E-state index in [1.165, 1.54) is 29.2 Å². The summed E-state index contributed by atoms with van der Waals surface area (Å²) in [6.45, 7) is 5.16. The molecule has 7 nitrogen and oxygen atoms in total. The van der Waals surface area contributed by atoms with E-state index < -0.39 is 45.5 Å². The van der Waals surface area contributed by atoms with Gasteiger partial charge in [0.05, 0.1) is 0 Å². The highest BCUT2D eigenvalue weighted by molar-refractivity contribution is 7.86. The molecular weight excluding hydrogens is 457 g/mol. The van der Waals surface area contributed by atoms with Gasteiger partial charge in [0.1, 0.15) is 23.9 Å². The molecule has 0 bridgehead atoms.